The summed E-state index contributed by atoms with van der Waals surface area (Å²) in [6.45, 7) is 8.28. The van der Waals surface area contributed by atoms with E-state index in [9.17, 15) is 0 Å². The fourth-order valence-electron chi connectivity index (χ4n) is 2.10. The molecule has 1 aromatic carbocycles. The molecule has 0 radical (unpaired) electrons. The molecule has 3 heteroatoms. The van der Waals surface area contributed by atoms with Crippen molar-refractivity contribution in [3.05, 3.63) is 29.3 Å². The molecule has 0 saturated heterocycles. The molecule has 1 atom stereocenters. The van der Waals surface area contributed by atoms with Gasteiger partial charge in [0.25, 0.3) is 0 Å². The molecule has 0 aromatic heterocycles. The Morgan fingerprint density at radius 2 is 1.95 bits per heavy atom. The van der Waals surface area contributed by atoms with Crippen molar-refractivity contribution in [3.63, 3.8) is 0 Å². The van der Waals surface area contributed by atoms with Crippen LogP contribution in [0, 0.1) is 0 Å². The summed E-state index contributed by atoms with van der Waals surface area (Å²) < 4.78 is 11.4. The number of ether oxygens (including phenoxy) is 2. The van der Waals surface area contributed by atoms with Crippen molar-refractivity contribution >= 4 is 0 Å². The highest BCUT2D eigenvalue weighted by Gasteiger charge is 2.07. The van der Waals surface area contributed by atoms with E-state index in [-0.39, 0.29) is 6.04 Å². The van der Waals surface area contributed by atoms with Gasteiger partial charge in [-0.1, -0.05) is 32.3 Å². The van der Waals surface area contributed by atoms with Crippen LogP contribution in [0.25, 0.3) is 0 Å². The standard InChI is InChI=1S/C17H29NO2/c1-4-6-7-8-11-19-13-16-12-15(14(3)18)9-10-17(16)20-5-2/h9-10,12,14H,4-8,11,13,18H2,1-3H3. The highest BCUT2D eigenvalue weighted by atomic mass is 16.5. The molecule has 0 bridgehead atoms. The Bertz CT molecular complexity index is 377. The molecule has 0 spiro atoms. The van der Waals surface area contributed by atoms with Gasteiger partial charge in [-0.15, -0.1) is 0 Å². The van der Waals surface area contributed by atoms with Crippen molar-refractivity contribution in [1.29, 1.82) is 0 Å². The first kappa shape index (κ1) is 17.0. The summed E-state index contributed by atoms with van der Waals surface area (Å²) in [7, 11) is 0. The van der Waals surface area contributed by atoms with Gasteiger partial charge in [-0.2, -0.15) is 0 Å². The van der Waals surface area contributed by atoms with Crippen LogP contribution in [0.3, 0.4) is 0 Å². The van der Waals surface area contributed by atoms with Crippen LogP contribution < -0.4 is 10.5 Å². The van der Waals surface area contributed by atoms with E-state index < -0.39 is 0 Å². The molecule has 0 fully saturated rings. The summed E-state index contributed by atoms with van der Waals surface area (Å²) >= 11 is 0. The van der Waals surface area contributed by atoms with Crippen LogP contribution >= 0.6 is 0 Å². The lowest BCUT2D eigenvalue weighted by Gasteiger charge is -2.14. The molecule has 0 amide bonds. The largest absolute Gasteiger partial charge is 0.494 e. The summed E-state index contributed by atoms with van der Waals surface area (Å²) in [5, 5.41) is 0. The molecule has 1 unspecified atom stereocenters. The van der Waals surface area contributed by atoms with Crippen molar-refractivity contribution in [2.75, 3.05) is 13.2 Å². The molecule has 0 aliphatic carbocycles. The summed E-state index contributed by atoms with van der Waals surface area (Å²) in [6.07, 6.45) is 4.91. The number of hydrogen-bond donors (Lipinski definition) is 1. The van der Waals surface area contributed by atoms with E-state index in [2.05, 4.69) is 13.0 Å². The first-order chi connectivity index (χ1) is 9.69. The monoisotopic (exact) mass is 279 g/mol. The maximum atomic E-state index is 5.93. The zero-order valence-corrected chi connectivity index (χ0v) is 13.2. The van der Waals surface area contributed by atoms with Gasteiger partial charge in [0.1, 0.15) is 5.75 Å². The van der Waals surface area contributed by atoms with E-state index in [1.165, 1.54) is 19.3 Å². The number of hydrogen-bond acceptors (Lipinski definition) is 3. The van der Waals surface area contributed by atoms with Crippen LogP contribution in [0.2, 0.25) is 0 Å². The van der Waals surface area contributed by atoms with Crippen molar-refractivity contribution < 1.29 is 9.47 Å². The normalized spacial score (nSPS) is 12.4. The summed E-state index contributed by atoms with van der Waals surface area (Å²) in [6, 6.07) is 6.16. The van der Waals surface area contributed by atoms with Crippen molar-refractivity contribution in [2.45, 2.75) is 59.1 Å². The first-order valence-corrected chi connectivity index (χ1v) is 7.78. The van der Waals surface area contributed by atoms with Gasteiger partial charge < -0.3 is 15.2 Å². The summed E-state index contributed by atoms with van der Waals surface area (Å²) in [5.41, 5.74) is 8.15. The average Bonchev–Trinajstić information content (AvgIpc) is 2.44. The quantitative estimate of drug-likeness (QED) is 0.653. The highest BCUT2D eigenvalue weighted by Crippen LogP contribution is 2.23. The van der Waals surface area contributed by atoms with Crippen LogP contribution in [0.15, 0.2) is 18.2 Å². The Balaban J connectivity index is 2.54. The van der Waals surface area contributed by atoms with Gasteiger partial charge in [-0.25, -0.2) is 0 Å². The van der Waals surface area contributed by atoms with Crippen molar-refractivity contribution in [2.24, 2.45) is 5.73 Å². The predicted octanol–water partition coefficient (Wildman–Crippen LogP) is 4.20. The van der Waals surface area contributed by atoms with Gasteiger partial charge in [-0.05, 0) is 38.0 Å². The molecule has 114 valence electrons. The molecule has 0 saturated carbocycles. The number of nitrogens with two attached hydrogens (primary N) is 1. The Morgan fingerprint density at radius 3 is 2.60 bits per heavy atom. The minimum absolute atomic E-state index is 0.0361. The predicted molar refractivity (Wildman–Crippen MR) is 84.0 cm³/mol. The third kappa shape index (κ3) is 5.93. The Morgan fingerprint density at radius 1 is 1.15 bits per heavy atom. The van der Waals surface area contributed by atoms with E-state index in [0.29, 0.717) is 13.2 Å². The second kappa shape index (κ2) is 9.78. The molecule has 1 rings (SSSR count). The second-order valence-corrected chi connectivity index (χ2v) is 5.20. The smallest absolute Gasteiger partial charge is 0.124 e. The third-order valence-corrected chi connectivity index (χ3v) is 3.31. The number of unbranched alkanes of at least 4 members (excludes halogenated alkanes) is 3. The molecule has 0 heterocycles. The molecule has 20 heavy (non-hydrogen) atoms. The number of benzene rings is 1. The minimum Gasteiger partial charge on any atom is -0.494 e. The fraction of sp³-hybridized carbons (Fsp3) is 0.647. The Hall–Kier alpha value is -1.06. The minimum atomic E-state index is 0.0361. The lowest BCUT2D eigenvalue weighted by atomic mass is 10.1. The Kier molecular flexibility index (Phi) is 8.31. The van der Waals surface area contributed by atoms with Gasteiger partial charge in [0.15, 0.2) is 0 Å². The highest BCUT2D eigenvalue weighted by molar-refractivity contribution is 5.38. The van der Waals surface area contributed by atoms with Crippen LogP contribution in [0.4, 0.5) is 0 Å². The fourth-order valence-corrected chi connectivity index (χ4v) is 2.10. The number of rotatable bonds is 10. The molecule has 0 aliphatic rings. The van der Waals surface area contributed by atoms with Crippen LogP contribution in [-0.2, 0) is 11.3 Å². The summed E-state index contributed by atoms with van der Waals surface area (Å²) in [5.74, 6) is 0.908. The SMILES string of the molecule is CCCCCCOCc1cc(C(C)N)ccc1OCC. The zero-order valence-electron chi connectivity index (χ0n) is 13.2. The van der Waals surface area contributed by atoms with Gasteiger partial charge >= 0.3 is 0 Å². The van der Waals surface area contributed by atoms with Gasteiger partial charge in [0.2, 0.25) is 0 Å². The molecular weight excluding hydrogens is 250 g/mol. The van der Waals surface area contributed by atoms with E-state index in [0.717, 1.165) is 29.9 Å². The van der Waals surface area contributed by atoms with Crippen molar-refractivity contribution in [1.82, 2.24) is 0 Å². The second-order valence-electron chi connectivity index (χ2n) is 5.20. The Labute approximate surface area is 123 Å². The third-order valence-electron chi connectivity index (χ3n) is 3.31. The van der Waals surface area contributed by atoms with Crippen LogP contribution in [-0.4, -0.2) is 13.2 Å². The van der Waals surface area contributed by atoms with Gasteiger partial charge in [-0.3, -0.25) is 0 Å². The van der Waals surface area contributed by atoms with E-state index in [1.807, 2.05) is 26.0 Å². The molecule has 0 aliphatic heterocycles. The molecular formula is C17H29NO2. The lowest BCUT2D eigenvalue weighted by Crippen LogP contribution is -2.07. The molecule has 2 N–H and O–H groups in total. The van der Waals surface area contributed by atoms with E-state index in [4.69, 9.17) is 15.2 Å². The van der Waals surface area contributed by atoms with Crippen LogP contribution in [0.1, 0.15) is 63.6 Å². The van der Waals surface area contributed by atoms with Crippen LogP contribution in [0.5, 0.6) is 5.75 Å². The molecule has 3 nitrogen and oxygen atoms in total. The average molecular weight is 279 g/mol. The molecule has 1 aromatic rings. The maximum Gasteiger partial charge on any atom is 0.124 e. The zero-order chi connectivity index (χ0) is 14.8. The van der Waals surface area contributed by atoms with Crippen molar-refractivity contribution in [3.8, 4) is 5.75 Å². The first-order valence-electron chi connectivity index (χ1n) is 7.78. The van der Waals surface area contributed by atoms with Gasteiger partial charge in [0.05, 0.1) is 13.2 Å². The summed E-state index contributed by atoms with van der Waals surface area (Å²) in [4.78, 5) is 0. The van der Waals surface area contributed by atoms with Gasteiger partial charge in [0, 0.05) is 18.2 Å². The van der Waals surface area contributed by atoms with E-state index >= 15 is 0 Å². The maximum absolute atomic E-state index is 5.93. The topological polar surface area (TPSA) is 44.5 Å². The lowest BCUT2D eigenvalue weighted by molar-refractivity contribution is 0.114. The van der Waals surface area contributed by atoms with E-state index in [1.54, 1.807) is 0 Å².